The molecule has 3 aromatic heterocycles. The molecule has 3 heterocycles. The third kappa shape index (κ3) is 8.92. The number of hydrogen-bond acceptors (Lipinski definition) is 9. The molecule has 8 nitrogen and oxygen atoms in total. The number of hydrogen-bond donors (Lipinski definition) is 0. The Morgan fingerprint density at radius 1 is 1.08 bits per heavy atom. The number of thioether (sulfide) groups is 1. The van der Waals surface area contributed by atoms with Crippen LogP contribution in [0.15, 0.2) is 34.8 Å². The van der Waals surface area contributed by atoms with Gasteiger partial charge in [0.2, 0.25) is 0 Å². The van der Waals surface area contributed by atoms with Gasteiger partial charge >= 0.3 is 0 Å². The Morgan fingerprint density at radius 3 is 2.42 bits per heavy atom. The summed E-state index contributed by atoms with van der Waals surface area (Å²) in [6, 6.07) is 3.12. The summed E-state index contributed by atoms with van der Waals surface area (Å²) in [7, 11) is -3.02. The molecule has 0 amide bonds. The number of aromatic nitrogens is 5. The van der Waals surface area contributed by atoms with Crippen molar-refractivity contribution in [2.75, 3.05) is 12.9 Å². The lowest BCUT2D eigenvalue weighted by Gasteiger charge is -2.35. The van der Waals surface area contributed by atoms with Crippen LogP contribution in [0.5, 0.6) is 0 Å². The lowest BCUT2D eigenvalue weighted by atomic mass is 10.2. The van der Waals surface area contributed by atoms with Crippen LogP contribution in [0.1, 0.15) is 32.2 Å². The molecule has 0 unspecified atom stereocenters. The van der Waals surface area contributed by atoms with Gasteiger partial charge in [-0.2, -0.15) is 4.99 Å². The van der Waals surface area contributed by atoms with Crippen LogP contribution in [0.25, 0.3) is 10.6 Å². The molecule has 0 bridgehead atoms. The van der Waals surface area contributed by atoms with E-state index >= 15 is 0 Å². The molecule has 0 aliphatic carbocycles. The number of ether oxygens (including phenoxy) is 1. The molecule has 3 aromatic rings. The Labute approximate surface area is 237 Å². The van der Waals surface area contributed by atoms with Crippen LogP contribution in [-0.4, -0.2) is 53.8 Å². The first-order valence-electron chi connectivity index (χ1n) is 12.8. The number of rotatable bonds is 11. The van der Waals surface area contributed by atoms with Crippen molar-refractivity contribution in [3.8, 4) is 10.6 Å². The van der Waals surface area contributed by atoms with Crippen molar-refractivity contribution in [3.63, 3.8) is 0 Å². The van der Waals surface area contributed by atoms with Crippen molar-refractivity contribution in [3.05, 3.63) is 40.8 Å². The first kappa shape index (κ1) is 30.8. The zero-order chi connectivity index (χ0) is 28.1. The third-order valence-corrected chi connectivity index (χ3v) is 14.3. The fraction of sp³-hybridized carbons (Fsp3) is 0.577. The van der Waals surface area contributed by atoms with Gasteiger partial charge in [0.05, 0.1) is 35.3 Å². The standard InChI is InChI=1S/C26H42N6O2S2Si2/c1-19-13-21(30-24(29-19)35-5)22-16-32(18-33-11-12-37(6,7)8)25(36-22)31-23-15-27-20(14-28-23)17-34-38(9,10)26(2,3)4/h13-16H,11-12,17-18H2,1-10H3. The van der Waals surface area contributed by atoms with E-state index in [1.165, 1.54) is 11.8 Å². The van der Waals surface area contributed by atoms with Crippen LogP contribution in [0.2, 0.25) is 43.8 Å². The summed E-state index contributed by atoms with van der Waals surface area (Å²) in [5.74, 6) is 0.550. The molecule has 208 valence electrons. The molecular formula is C26H42N6O2S2Si2. The Hall–Kier alpha value is -1.71. The summed E-state index contributed by atoms with van der Waals surface area (Å²) in [6.45, 7) is 21.9. The average molecular weight is 591 g/mol. The monoisotopic (exact) mass is 590 g/mol. The highest BCUT2D eigenvalue weighted by Gasteiger charge is 2.37. The molecule has 3 rings (SSSR count). The van der Waals surface area contributed by atoms with Crippen molar-refractivity contribution in [2.24, 2.45) is 4.99 Å². The third-order valence-electron chi connectivity index (χ3n) is 6.50. The molecule has 0 aliphatic heterocycles. The van der Waals surface area contributed by atoms with E-state index in [0.29, 0.717) is 19.2 Å². The lowest BCUT2D eigenvalue weighted by Crippen LogP contribution is -2.40. The number of nitrogens with zero attached hydrogens (tertiary/aromatic N) is 6. The van der Waals surface area contributed by atoms with Gasteiger partial charge in [-0.25, -0.2) is 15.0 Å². The molecule has 0 saturated carbocycles. The topological polar surface area (TPSA) is 87.3 Å². The fourth-order valence-electron chi connectivity index (χ4n) is 3.03. The van der Waals surface area contributed by atoms with Crippen molar-refractivity contribution in [1.29, 1.82) is 0 Å². The van der Waals surface area contributed by atoms with E-state index in [1.807, 2.05) is 23.8 Å². The molecule has 0 radical (unpaired) electrons. The van der Waals surface area contributed by atoms with E-state index < -0.39 is 16.4 Å². The van der Waals surface area contributed by atoms with Gasteiger partial charge in [-0.15, -0.1) is 0 Å². The van der Waals surface area contributed by atoms with Crippen LogP contribution >= 0.6 is 23.1 Å². The Balaban J connectivity index is 1.86. The molecule has 0 saturated heterocycles. The van der Waals surface area contributed by atoms with Gasteiger partial charge in [0.25, 0.3) is 0 Å². The first-order chi connectivity index (χ1) is 17.7. The molecule has 12 heteroatoms. The van der Waals surface area contributed by atoms with E-state index in [9.17, 15) is 0 Å². The van der Waals surface area contributed by atoms with Crippen LogP contribution in [0.4, 0.5) is 5.82 Å². The van der Waals surface area contributed by atoms with Crippen molar-refractivity contribution >= 4 is 45.3 Å². The van der Waals surface area contributed by atoms with E-state index in [2.05, 4.69) is 74.7 Å². The van der Waals surface area contributed by atoms with Gasteiger partial charge in [0.1, 0.15) is 6.73 Å². The van der Waals surface area contributed by atoms with Crippen LogP contribution < -0.4 is 4.80 Å². The molecule has 0 atom stereocenters. The number of thiazole rings is 1. The highest BCUT2D eigenvalue weighted by molar-refractivity contribution is 7.98. The summed E-state index contributed by atoms with van der Waals surface area (Å²) in [4.78, 5) is 25.0. The SMILES string of the molecule is CSc1nc(C)cc(-c2cn(COCC[Si](C)(C)C)c(=Nc3cnc(CO[Si](C)(C)C(C)(C)C)cn3)s2)n1. The minimum Gasteiger partial charge on any atom is -0.411 e. The second-order valence-electron chi connectivity index (χ2n) is 12.1. The average Bonchev–Trinajstić information content (AvgIpc) is 3.22. The summed E-state index contributed by atoms with van der Waals surface area (Å²) < 4.78 is 14.4. The normalized spacial score (nSPS) is 13.4. The van der Waals surface area contributed by atoms with Gasteiger partial charge in [0, 0.05) is 26.6 Å². The summed E-state index contributed by atoms with van der Waals surface area (Å²) >= 11 is 3.10. The molecule has 0 N–H and O–H groups in total. The maximum absolute atomic E-state index is 6.29. The maximum Gasteiger partial charge on any atom is 0.194 e. The second kappa shape index (κ2) is 12.6. The zero-order valence-corrected chi connectivity index (χ0v) is 28.1. The first-order valence-corrected chi connectivity index (χ1v) is 21.5. The fourth-order valence-corrected chi connectivity index (χ4v) is 6.10. The second-order valence-corrected chi connectivity index (χ2v) is 24.3. The van der Waals surface area contributed by atoms with E-state index in [4.69, 9.17) is 19.1 Å². The molecule has 0 spiro atoms. The molecule has 0 fully saturated rings. The Morgan fingerprint density at radius 2 is 1.82 bits per heavy atom. The summed E-state index contributed by atoms with van der Waals surface area (Å²) in [6.07, 6.45) is 7.51. The minimum atomic E-state index is -1.85. The largest absolute Gasteiger partial charge is 0.411 e. The van der Waals surface area contributed by atoms with E-state index in [1.54, 1.807) is 23.7 Å². The van der Waals surface area contributed by atoms with Crippen molar-refractivity contribution in [2.45, 2.75) is 90.0 Å². The van der Waals surface area contributed by atoms with E-state index in [-0.39, 0.29) is 5.04 Å². The van der Waals surface area contributed by atoms with Gasteiger partial charge in [-0.3, -0.25) is 9.55 Å². The highest BCUT2D eigenvalue weighted by Crippen LogP contribution is 2.37. The summed E-state index contributed by atoms with van der Waals surface area (Å²) in [5.41, 5.74) is 2.63. The van der Waals surface area contributed by atoms with Gasteiger partial charge < -0.3 is 9.16 Å². The maximum atomic E-state index is 6.29. The predicted molar refractivity (Wildman–Crippen MR) is 163 cm³/mol. The highest BCUT2D eigenvalue weighted by atomic mass is 32.2. The predicted octanol–water partition coefficient (Wildman–Crippen LogP) is 6.89. The van der Waals surface area contributed by atoms with Crippen molar-refractivity contribution in [1.82, 2.24) is 24.5 Å². The zero-order valence-electron chi connectivity index (χ0n) is 24.5. The van der Waals surface area contributed by atoms with Crippen LogP contribution in [0, 0.1) is 6.92 Å². The molecular weight excluding hydrogens is 549 g/mol. The quantitative estimate of drug-likeness (QED) is 0.104. The lowest BCUT2D eigenvalue weighted by molar-refractivity contribution is 0.0855. The van der Waals surface area contributed by atoms with Gasteiger partial charge in [-0.1, -0.05) is 63.5 Å². The van der Waals surface area contributed by atoms with Gasteiger partial charge in [0.15, 0.2) is 24.1 Å². The summed E-state index contributed by atoms with van der Waals surface area (Å²) in [5, 5.41) is 0.905. The van der Waals surface area contributed by atoms with Crippen LogP contribution in [-0.2, 0) is 22.5 Å². The Bertz CT molecular complexity index is 1280. The van der Waals surface area contributed by atoms with Gasteiger partial charge in [-0.05, 0) is 43.4 Å². The smallest absolute Gasteiger partial charge is 0.194 e. The number of aryl methyl sites for hydroxylation is 1. The molecule has 0 aliphatic rings. The molecule has 38 heavy (non-hydrogen) atoms. The van der Waals surface area contributed by atoms with Crippen LogP contribution in [0.3, 0.4) is 0 Å². The van der Waals surface area contributed by atoms with Crippen molar-refractivity contribution < 1.29 is 9.16 Å². The molecule has 0 aromatic carbocycles. The van der Waals surface area contributed by atoms with E-state index in [0.717, 1.165) is 44.6 Å². The minimum absolute atomic E-state index is 0.149. The Kier molecular flexibility index (Phi) is 10.3.